The molecule has 2 N–H and O–H groups in total. The van der Waals surface area contributed by atoms with Gasteiger partial charge in [-0.25, -0.2) is 0 Å². The fourth-order valence-electron chi connectivity index (χ4n) is 0.962. The maximum atomic E-state index is 11.1. The Morgan fingerprint density at radius 2 is 1.93 bits per heavy atom. The molecular weight excluding hydrogens is 176 g/mol. The van der Waals surface area contributed by atoms with Gasteiger partial charge in [0.25, 0.3) is 0 Å². The van der Waals surface area contributed by atoms with Crippen LogP contribution >= 0.6 is 0 Å². The molecule has 0 saturated carbocycles. The van der Waals surface area contributed by atoms with Crippen molar-refractivity contribution in [3.63, 3.8) is 0 Å². The molecule has 0 heterocycles. The third kappa shape index (κ3) is 5.22. The molecule has 0 aromatic carbocycles. The number of carbonyl (C=O) groups is 1. The highest BCUT2D eigenvalue weighted by Gasteiger charge is 2.21. The molecule has 3 nitrogen and oxygen atoms in total. The smallest absolute Gasteiger partial charge is 0.233 e. The normalized spacial score (nSPS) is 11.9. The molecule has 0 bridgehead atoms. The lowest BCUT2D eigenvalue weighted by Gasteiger charge is -2.29. The number of amides is 1. The third-order valence-corrected chi connectivity index (χ3v) is 2.80. The average molecular weight is 200 g/mol. The van der Waals surface area contributed by atoms with E-state index in [0.717, 1.165) is 6.54 Å². The van der Waals surface area contributed by atoms with Crippen LogP contribution in [0.2, 0.25) is 0 Å². The van der Waals surface area contributed by atoms with Crippen molar-refractivity contribution in [2.75, 3.05) is 19.6 Å². The molecular formula is C11H24N2O. The highest BCUT2D eigenvalue weighted by molar-refractivity contribution is 5.77. The summed E-state index contributed by atoms with van der Waals surface area (Å²) in [6.07, 6.45) is 0. The Hall–Kier alpha value is -0.570. The number of rotatable bonds is 6. The van der Waals surface area contributed by atoms with Gasteiger partial charge in [-0.3, -0.25) is 4.79 Å². The minimum Gasteiger partial charge on any atom is -0.355 e. The standard InChI is InChI=1S/C11H24N2O/c1-6-13-10(14)7-12-8-11(4,5)9(2)3/h9,12H,6-8H2,1-5H3,(H,13,14). The van der Waals surface area contributed by atoms with E-state index in [-0.39, 0.29) is 11.3 Å². The maximum absolute atomic E-state index is 11.1. The summed E-state index contributed by atoms with van der Waals surface area (Å²) in [6, 6.07) is 0. The van der Waals surface area contributed by atoms with Gasteiger partial charge in [0, 0.05) is 13.1 Å². The lowest BCUT2D eigenvalue weighted by Crippen LogP contribution is -2.39. The van der Waals surface area contributed by atoms with Crippen LogP contribution in [-0.2, 0) is 4.79 Å². The van der Waals surface area contributed by atoms with Crippen molar-refractivity contribution in [2.45, 2.75) is 34.6 Å². The molecule has 0 spiro atoms. The van der Waals surface area contributed by atoms with E-state index >= 15 is 0 Å². The summed E-state index contributed by atoms with van der Waals surface area (Å²) in [5.41, 5.74) is 0.243. The van der Waals surface area contributed by atoms with E-state index in [2.05, 4.69) is 38.3 Å². The zero-order chi connectivity index (χ0) is 11.2. The number of hydrogen-bond acceptors (Lipinski definition) is 2. The number of likely N-dealkylation sites (N-methyl/N-ethyl adjacent to an activating group) is 1. The summed E-state index contributed by atoms with van der Waals surface area (Å²) in [5.74, 6) is 0.691. The molecule has 0 aliphatic carbocycles. The molecule has 0 atom stereocenters. The molecule has 3 heteroatoms. The molecule has 0 radical (unpaired) electrons. The molecule has 0 fully saturated rings. The van der Waals surface area contributed by atoms with Gasteiger partial charge < -0.3 is 10.6 Å². The number of carbonyl (C=O) groups excluding carboxylic acids is 1. The Morgan fingerprint density at radius 1 is 1.36 bits per heavy atom. The largest absolute Gasteiger partial charge is 0.355 e. The van der Waals surface area contributed by atoms with Gasteiger partial charge in [0.2, 0.25) is 5.91 Å². The molecule has 0 rings (SSSR count). The fourth-order valence-corrected chi connectivity index (χ4v) is 0.962. The van der Waals surface area contributed by atoms with E-state index in [9.17, 15) is 4.79 Å². The molecule has 0 aromatic rings. The summed E-state index contributed by atoms with van der Waals surface area (Å²) in [6.45, 7) is 12.8. The van der Waals surface area contributed by atoms with Crippen molar-refractivity contribution in [1.82, 2.24) is 10.6 Å². The van der Waals surface area contributed by atoms with Gasteiger partial charge >= 0.3 is 0 Å². The first-order valence-electron chi connectivity index (χ1n) is 5.37. The molecule has 84 valence electrons. The van der Waals surface area contributed by atoms with Crippen LogP contribution in [0.4, 0.5) is 0 Å². The number of hydrogen-bond donors (Lipinski definition) is 2. The zero-order valence-electron chi connectivity index (χ0n) is 10.1. The quantitative estimate of drug-likeness (QED) is 0.680. The van der Waals surface area contributed by atoms with Crippen molar-refractivity contribution in [3.05, 3.63) is 0 Å². The van der Waals surface area contributed by atoms with E-state index in [0.29, 0.717) is 19.0 Å². The molecule has 0 aliphatic rings. The predicted octanol–water partition coefficient (Wildman–Crippen LogP) is 1.39. The summed E-state index contributed by atoms with van der Waals surface area (Å²) in [7, 11) is 0. The van der Waals surface area contributed by atoms with Crippen LogP contribution in [-0.4, -0.2) is 25.5 Å². The Kier molecular flexibility index (Phi) is 5.77. The average Bonchev–Trinajstić information content (AvgIpc) is 2.04. The molecule has 1 amide bonds. The van der Waals surface area contributed by atoms with Crippen molar-refractivity contribution in [3.8, 4) is 0 Å². The van der Waals surface area contributed by atoms with Gasteiger partial charge in [0.1, 0.15) is 0 Å². The zero-order valence-corrected chi connectivity index (χ0v) is 10.1. The van der Waals surface area contributed by atoms with E-state index < -0.39 is 0 Å². The van der Waals surface area contributed by atoms with E-state index in [1.807, 2.05) is 6.92 Å². The second-order valence-corrected chi connectivity index (χ2v) is 4.70. The van der Waals surface area contributed by atoms with E-state index in [4.69, 9.17) is 0 Å². The topological polar surface area (TPSA) is 41.1 Å². The summed E-state index contributed by atoms with van der Waals surface area (Å²) in [4.78, 5) is 11.1. The fraction of sp³-hybridized carbons (Fsp3) is 0.909. The SMILES string of the molecule is CCNC(=O)CNCC(C)(C)C(C)C. The summed E-state index contributed by atoms with van der Waals surface area (Å²) >= 11 is 0. The first kappa shape index (κ1) is 13.4. The van der Waals surface area contributed by atoms with Crippen LogP contribution in [0.25, 0.3) is 0 Å². The summed E-state index contributed by atoms with van der Waals surface area (Å²) < 4.78 is 0. The number of nitrogens with one attached hydrogen (secondary N) is 2. The Balaban J connectivity index is 3.68. The molecule has 0 aromatic heterocycles. The second kappa shape index (κ2) is 6.02. The first-order chi connectivity index (χ1) is 6.40. The Morgan fingerprint density at radius 3 is 2.36 bits per heavy atom. The van der Waals surface area contributed by atoms with Gasteiger partial charge in [-0.2, -0.15) is 0 Å². The minimum atomic E-state index is 0.0760. The van der Waals surface area contributed by atoms with Crippen molar-refractivity contribution >= 4 is 5.91 Å². The van der Waals surface area contributed by atoms with E-state index in [1.165, 1.54) is 0 Å². The van der Waals surface area contributed by atoms with Crippen LogP contribution in [0.5, 0.6) is 0 Å². The summed E-state index contributed by atoms with van der Waals surface area (Å²) in [5, 5.41) is 5.94. The second-order valence-electron chi connectivity index (χ2n) is 4.70. The first-order valence-corrected chi connectivity index (χ1v) is 5.37. The van der Waals surface area contributed by atoms with Gasteiger partial charge in [-0.05, 0) is 18.3 Å². The van der Waals surface area contributed by atoms with Crippen molar-refractivity contribution in [1.29, 1.82) is 0 Å². The maximum Gasteiger partial charge on any atom is 0.233 e. The molecule has 0 unspecified atom stereocenters. The third-order valence-electron chi connectivity index (χ3n) is 2.80. The van der Waals surface area contributed by atoms with Crippen LogP contribution < -0.4 is 10.6 Å². The van der Waals surface area contributed by atoms with Crippen molar-refractivity contribution in [2.24, 2.45) is 11.3 Å². The highest BCUT2D eigenvalue weighted by Crippen LogP contribution is 2.24. The lowest BCUT2D eigenvalue weighted by atomic mass is 9.81. The van der Waals surface area contributed by atoms with Gasteiger partial charge in [-0.1, -0.05) is 27.7 Å². The Bertz CT molecular complexity index is 176. The minimum absolute atomic E-state index is 0.0760. The van der Waals surface area contributed by atoms with Crippen LogP contribution in [0.15, 0.2) is 0 Å². The Labute approximate surface area is 87.6 Å². The highest BCUT2D eigenvalue weighted by atomic mass is 16.1. The van der Waals surface area contributed by atoms with Gasteiger partial charge in [0.05, 0.1) is 6.54 Å². The van der Waals surface area contributed by atoms with Crippen molar-refractivity contribution < 1.29 is 4.79 Å². The monoisotopic (exact) mass is 200 g/mol. The lowest BCUT2D eigenvalue weighted by molar-refractivity contribution is -0.120. The van der Waals surface area contributed by atoms with Gasteiger partial charge in [0.15, 0.2) is 0 Å². The van der Waals surface area contributed by atoms with E-state index in [1.54, 1.807) is 0 Å². The van der Waals surface area contributed by atoms with Crippen LogP contribution in [0.3, 0.4) is 0 Å². The molecule has 0 saturated heterocycles. The molecule has 0 aliphatic heterocycles. The van der Waals surface area contributed by atoms with Crippen LogP contribution in [0, 0.1) is 11.3 Å². The van der Waals surface area contributed by atoms with Crippen LogP contribution in [0.1, 0.15) is 34.6 Å². The van der Waals surface area contributed by atoms with Gasteiger partial charge in [-0.15, -0.1) is 0 Å². The molecule has 14 heavy (non-hydrogen) atoms. The predicted molar refractivity (Wildman–Crippen MR) is 60.2 cm³/mol.